The highest BCUT2D eigenvalue weighted by Gasteiger charge is 2.22. The van der Waals surface area contributed by atoms with Gasteiger partial charge in [-0.1, -0.05) is 38.1 Å². The van der Waals surface area contributed by atoms with Crippen molar-refractivity contribution in [1.29, 1.82) is 0 Å². The maximum absolute atomic E-state index is 13.5. The fourth-order valence-electron chi connectivity index (χ4n) is 3.58. The minimum atomic E-state index is -0.245. The zero-order chi connectivity index (χ0) is 20.3. The van der Waals surface area contributed by atoms with Gasteiger partial charge in [-0.15, -0.1) is 0 Å². The SMILES string of the molecule is Cc1cc(=O)n(C(CCc2cccc(F)c2)C(C)C)c(-c2ccccc2N)n1. The molecular formula is C23H26FN3O. The van der Waals surface area contributed by atoms with Crippen molar-refractivity contribution in [1.82, 2.24) is 9.55 Å². The highest BCUT2D eigenvalue weighted by molar-refractivity contribution is 5.71. The summed E-state index contributed by atoms with van der Waals surface area (Å²) in [6.45, 7) is 5.98. The molecule has 0 radical (unpaired) electrons. The molecule has 5 heteroatoms. The molecule has 1 atom stereocenters. The lowest BCUT2D eigenvalue weighted by atomic mass is 9.95. The second-order valence-corrected chi connectivity index (χ2v) is 7.50. The number of halogens is 1. The summed E-state index contributed by atoms with van der Waals surface area (Å²) in [5.41, 5.74) is 9.00. The molecule has 0 spiro atoms. The Kier molecular flexibility index (Phi) is 5.93. The van der Waals surface area contributed by atoms with Gasteiger partial charge in [0.1, 0.15) is 11.6 Å². The van der Waals surface area contributed by atoms with E-state index in [1.54, 1.807) is 22.8 Å². The molecule has 0 saturated heterocycles. The third-order valence-electron chi connectivity index (χ3n) is 5.00. The molecule has 0 aliphatic heterocycles. The van der Waals surface area contributed by atoms with Gasteiger partial charge in [-0.2, -0.15) is 0 Å². The first-order valence-electron chi connectivity index (χ1n) is 9.56. The molecule has 3 aromatic rings. The lowest BCUT2D eigenvalue weighted by Gasteiger charge is -2.26. The molecule has 2 N–H and O–H groups in total. The largest absolute Gasteiger partial charge is 0.398 e. The molecule has 3 rings (SSSR count). The summed E-state index contributed by atoms with van der Waals surface area (Å²) in [6.07, 6.45) is 1.37. The molecule has 0 bridgehead atoms. The van der Waals surface area contributed by atoms with Crippen molar-refractivity contribution in [3.63, 3.8) is 0 Å². The number of aromatic nitrogens is 2. The van der Waals surface area contributed by atoms with Crippen LogP contribution in [0.2, 0.25) is 0 Å². The summed E-state index contributed by atoms with van der Waals surface area (Å²) < 4.78 is 15.3. The Balaban J connectivity index is 2.05. The van der Waals surface area contributed by atoms with Crippen LogP contribution in [-0.4, -0.2) is 9.55 Å². The molecule has 1 aromatic heterocycles. The summed E-state index contributed by atoms with van der Waals surface area (Å²) in [6, 6.07) is 15.5. The van der Waals surface area contributed by atoms with Gasteiger partial charge < -0.3 is 5.73 Å². The van der Waals surface area contributed by atoms with Crippen molar-refractivity contribution in [2.24, 2.45) is 5.92 Å². The molecule has 28 heavy (non-hydrogen) atoms. The number of rotatable bonds is 6. The van der Waals surface area contributed by atoms with Gasteiger partial charge in [-0.3, -0.25) is 9.36 Å². The van der Waals surface area contributed by atoms with Gasteiger partial charge >= 0.3 is 0 Å². The minimum Gasteiger partial charge on any atom is -0.398 e. The predicted molar refractivity (Wildman–Crippen MR) is 112 cm³/mol. The highest BCUT2D eigenvalue weighted by Crippen LogP contribution is 2.30. The van der Waals surface area contributed by atoms with E-state index < -0.39 is 0 Å². The zero-order valence-corrected chi connectivity index (χ0v) is 16.5. The monoisotopic (exact) mass is 379 g/mol. The van der Waals surface area contributed by atoms with Crippen LogP contribution in [0.25, 0.3) is 11.4 Å². The molecule has 0 saturated carbocycles. The molecule has 146 valence electrons. The molecule has 0 aliphatic rings. The van der Waals surface area contributed by atoms with Gasteiger partial charge in [0.05, 0.1) is 0 Å². The maximum Gasteiger partial charge on any atom is 0.254 e. The Labute approximate surface area is 164 Å². The average molecular weight is 379 g/mol. The van der Waals surface area contributed by atoms with Crippen molar-refractivity contribution in [3.05, 3.63) is 82.0 Å². The third kappa shape index (κ3) is 4.30. The number of nitrogens with two attached hydrogens (primary N) is 1. The van der Waals surface area contributed by atoms with E-state index in [0.29, 0.717) is 30.0 Å². The first-order valence-corrected chi connectivity index (χ1v) is 9.56. The third-order valence-corrected chi connectivity index (χ3v) is 5.00. The standard InChI is InChI=1S/C23H26FN3O/c1-15(2)21(12-11-17-7-6-8-18(24)14-17)27-22(28)13-16(3)26-23(27)19-9-4-5-10-20(19)25/h4-10,13-15,21H,11-12,25H2,1-3H3. The van der Waals surface area contributed by atoms with E-state index in [9.17, 15) is 9.18 Å². The lowest BCUT2D eigenvalue weighted by Crippen LogP contribution is -2.30. The fraction of sp³-hybridized carbons (Fsp3) is 0.304. The molecule has 4 nitrogen and oxygen atoms in total. The van der Waals surface area contributed by atoms with Crippen molar-refractivity contribution in [2.45, 2.75) is 39.7 Å². The summed E-state index contributed by atoms with van der Waals surface area (Å²) in [4.78, 5) is 17.6. The minimum absolute atomic E-state index is 0.0847. The predicted octanol–water partition coefficient (Wildman–Crippen LogP) is 4.77. The Morgan fingerprint density at radius 1 is 1.11 bits per heavy atom. The first-order chi connectivity index (χ1) is 13.4. The summed E-state index contributed by atoms with van der Waals surface area (Å²) >= 11 is 0. The van der Waals surface area contributed by atoms with Crippen LogP contribution in [0.3, 0.4) is 0 Å². The summed E-state index contributed by atoms with van der Waals surface area (Å²) in [5, 5.41) is 0. The Hall–Kier alpha value is -2.95. The van der Waals surface area contributed by atoms with Crippen molar-refractivity contribution >= 4 is 5.69 Å². The smallest absolute Gasteiger partial charge is 0.254 e. The molecule has 2 aromatic carbocycles. The van der Waals surface area contributed by atoms with Crippen LogP contribution in [0.4, 0.5) is 10.1 Å². The number of nitrogens with zero attached hydrogens (tertiary/aromatic N) is 2. The van der Waals surface area contributed by atoms with E-state index in [0.717, 1.165) is 11.1 Å². The van der Waals surface area contributed by atoms with E-state index >= 15 is 0 Å². The Bertz CT molecular complexity index is 1030. The van der Waals surface area contributed by atoms with E-state index in [1.807, 2.05) is 37.3 Å². The van der Waals surface area contributed by atoms with Crippen LogP contribution in [-0.2, 0) is 6.42 Å². The fourth-order valence-corrected chi connectivity index (χ4v) is 3.58. The van der Waals surface area contributed by atoms with E-state index in [2.05, 4.69) is 18.8 Å². The number of hydrogen-bond acceptors (Lipinski definition) is 3. The number of benzene rings is 2. The Morgan fingerprint density at radius 2 is 1.86 bits per heavy atom. The molecule has 0 fully saturated rings. The zero-order valence-electron chi connectivity index (χ0n) is 16.5. The van der Waals surface area contributed by atoms with E-state index in [4.69, 9.17) is 5.73 Å². The van der Waals surface area contributed by atoms with Gasteiger partial charge in [0, 0.05) is 29.1 Å². The second kappa shape index (κ2) is 8.38. The normalized spacial score (nSPS) is 12.3. The van der Waals surface area contributed by atoms with Crippen molar-refractivity contribution in [3.8, 4) is 11.4 Å². The van der Waals surface area contributed by atoms with Gasteiger partial charge in [-0.25, -0.2) is 9.37 Å². The maximum atomic E-state index is 13.5. The summed E-state index contributed by atoms with van der Waals surface area (Å²) in [7, 11) is 0. The van der Waals surface area contributed by atoms with Crippen LogP contribution in [0, 0.1) is 18.7 Å². The number of aryl methyl sites for hydroxylation is 2. The molecule has 1 unspecified atom stereocenters. The van der Waals surface area contributed by atoms with Crippen LogP contribution in [0.1, 0.15) is 37.6 Å². The molecule has 0 aliphatic carbocycles. The number of nitrogen functional groups attached to an aromatic ring is 1. The Morgan fingerprint density at radius 3 is 2.54 bits per heavy atom. The van der Waals surface area contributed by atoms with Gasteiger partial charge in [0.2, 0.25) is 0 Å². The second-order valence-electron chi connectivity index (χ2n) is 7.50. The number of hydrogen-bond donors (Lipinski definition) is 1. The van der Waals surface area contributed by atoms with Gasteiger partial charge in [0.15, 0.2) is 0 Å². The topological polar surface area (TPSA) is 60.9 Å². The van der Waals surface area contributed by atoms with E-state index in [-0.39, 0.29) is 23.3 Å². The van der Waals surface area contributed by atoms with Gasteiger partial charge in [-0.05, 0) is 55.5 Å². The quantitative estimate of drug-likeness (QED) is 0.628. The van der Waals surface area contributed by atoms with Crippen LogP contribution in [0.5, 0.6) is 0 Å². The summed E-state index contributed by atoms with van der Waals surface area (Å²) in [5.74, 6) is 0.533. The first kappa shape index (κ1) is 19.8. The van der Waals surface area contributed by atoms with Crippen molar-refractivity contribution < 1.29 is 4.39 Å². The molecule has 1 heterocycles. The lowest BCUT2D eigenvalue weighted by molar-refractivity contribution is 0.345. The number of anilines is 1. The molecule has 0 amide bonds. The van der Waals surface area contributed by atoms with Crippen LogP contribution < -0.4 is 11.3 Å². The average Bonchev–Trinajstić information content (AvgIpc) is 2.63. The van der Waals surface area contributed by atoms with E-state index in [1.165, 1.54) is 6.07 Å². The van der Waals surface area contributed by atoms with Crippen LogP contribution in [0.15, 0.2) is 59.4 Å². The molecular weight excluding hydrogens is 353 g/mol. The van der Waals surface area contributed by atoms with Gasteiger partial charge in [0.25, 0.3) is 5.56 Å². The van der Waals surface area contributed by atoms with Crippen molar-refractivity contribution in [2.75, 3.05) is 5.73 Å². The number of para-hydroxylation sites is 1. The highest BCUT2D eigenvalue weighted by atomic mass is 19.1. The van der Waals surface area contributed by atoms with Crippen LogP contribution >= 0.6 is 0 Å².